The zero-order chi connectivity index (χ0) is 15.5. The Balaban J connectivity index is -0.0000000375. The van der Waals surface area contributed by atoms with Gasteiger partial charge >= 0.3 is 26.2 Å². The topological polar surface area (TPSA) is 314 Å². The van der Waals surface area contributed by atoms with Crippen molar-refractivity contribution in [1.82, 2.24) is 12.3 Å². The Bertz CT molecular complexity index is 287. The molecule has 118 valence electrons. The average molecular weight is 391 g/mol. The summed E-state index contributed by atoms with van der Waals surface area (Å²) in [5.74, 6) is -13.1. The summed E-state index contributed by atoms with van der Waals surface area (Å²) in [6, 6.07) is 0. The predicted octanol–water partition coefficient (Wildman–Crippen LogP) is -9.79. The van der Waals surface area contributed by atoms with Gasteiger partial charge in [-0.2, -0.15) is 0 Å². The van der Waals surface area contributed by atoms with E-state index in [1.807, 2.05) is 0 Å². The number of quaternary nitrogens is 2. The smallest absolute Gasteiger partial charge is 0.543 e. The minimum Gasteiger partial charge on any atom is -0.543 e. The largest absolute Gasteiger partial charge is 4.00 e. The normalized spacial score (nSPS) is 6.29. The molecule has 0 saturated heterocycles. The van der Waals surface area contributed by atoms with Crippen molar-refractivity contribution < 1.29 is 85.6 Å². The molecule has 0 radical (unpaired) electrons. The van der Waals surface area contributed by atoms with E-state index in [1.165, 1.54) is 0 Å². The Hall–Kier alpha value is -2.38. The Morgan fingerprint density at radius 2 is 0.429 bits per heavy atom. The van der Waals surface area contributed by atoms with E-state index in [0.29, 0.717) is 0 Å². The number of hydrogen-bond acceptors (Lipinski definition) is 12. The van der Waals surface area contributed by atoms with E-state index in [0.717, 1.165) is 0 Å². The molecule has 0 aliphatic heterocycles. The number of carbonyl (C=O) groups is 6. The molecule has 0 aliphatic carbocycles. The number of aliphatic carboxylic acids is 6. The van der Waals surface area contributed by atoms with Gasteiger partial charge < -0.3 is 71.7 Å². The fraction of sp³-hybridized carbons (Fsp3) is 0. The van der Waals surface area contributed by atoms with Crippen molar-refractivity contribution in [1.29, 1.82) is 0 Å². The van der Waals surface area contributed by atoms with Gasteiger partial charge in [0.2, 0.25) is 0 Å². The van der Waals surface area contributed by atoms with Gasteiger partial charge in [-0.15, -0.1) is 0 Å². The van der Waals surface area contributed by atoms with Gasteiger partial charge in [0.25, 0.3) is 0 Å². The van der Waals surface area contributed by atoms with Crippen molar-refractivity contribution in [2.24, 2.45) is 0 Å². The summed E-state index contributed by atoms with van der Waals surface area (Å²) in [6.07, 6.45) is 0. The third kappa shape index (κ3) is 46.5. The van der Waals surface area contributed by atoms with Gasteiger partial charge in [0.15, 0.2) is 0 Å². The molecule has 14 nitrogen and oxygen atoms in total. The molecule has 0 spiro atoms. The minimum absolute atomic E-state index is 0. The fourth-order valence-electron chi connectivity index (χ4n) is 0. The molecule has 21 heavy (non-hydrogen) atoms. The molecular formula is C6H8N2O12Zr. The molecule has 0 amide bonds. The van der Waals surface area contributed by atoms with Gasteiger partial charge in [0.1, 0.15) is 0 Å². The van der Waals surface area contributed by atoms with Crippen LogP contribution in [-0.4, -0.2) is 35.8 Å². The van der Waals surface area contributed by atoms with Crippen LogP contribution >= 0.6 is 0 Å². The maximum atomic E-state index is 8.93. The van der Waals surface area contributed by atoms with Crippen molar-refractivity contribution >= 4 is 35.8 Å². The van der Waals surface area contributed by atoms with Gasteiger partial charge in [-0.25, -0.2) is 0 Å². The second-order valence-electron chi connectivity index (χ2n) is 1.72. The number of hydrogen-bond donors (Lipinski definition) is 2. The van der Waals surface area contributed by atoms with E-state index in [9.17, 15) is 0 Å². The molecule has 0 bridgehead atoms. The van der Waals surface area contributed by atoms with Crippen molar-refractivity contribution in [3.05, 3.63) is 0 Å². The maximum Gasteiger partial charge on any atom is 4.00 e. The molecule has 0 heterocycles. The van der Waals surface area contributed by atoms with Crippen LogP contribution in [0.5, 0.6) is 0 Å². The third-order valence-electron chi connectivity index (χ3n) is 0.500. The number of carboxylic acids is 6. The van der Waals surface area contributed by atoms with Crippen LogP contribution in [0.15, 0.2) is 0 Å². The second kappa shape index (κ2) is 20.0. The second-order valence-corrected chi connectivity index (χ2v) is 1.72. The van der Waals surface area contributed by atoms with Crippen molar-refractivity contribution in [2.45, 2.75) is 0 Å². The first-order valence-electron chi connectivity index (χ1n) is 3.20. The molecule has 0 atom stereocenters. The van der Waals surface area contributed by atoms with E-state index in [-0.39, 0.29) is 38.5 Å². The van der Waals surface area contributed by atoms with E-state index in [4.69, 9.17) is 59.4 Å². The van der Waals surface area contributed by atoms with Gasteiger partial charge in [-0.05, 0) is 0 Å². The monoisotopic (exact) mass is 390 g/mol. The van der Waals surface area contributed by atoms with E-state index < -0.39 is 35.8 Å². The summed E-state index contributed by atoms with van der Waals surface area (Å²) in [6.45, 7) is 0. The molecule has 0 fully saturated rings. The van der Waals surface area contributed by atoms with E-state index >= 15 is 0 Å². The maximum absolute atomic E-state index is 8.93. The molecule has 0 saturated carbocycles. The van der Waals surface area contributed by atoms with Gasteiger partial charge in [-0.3, -0.25) is 0 Å². The van der Waals surface area contributed by atoms with Crippen molar-refractivity contribution in [3.8, 4) is 0 Å². The van der Waals surface area contributed by atoms with Crippen LogP contribution < -0.4 is 42.9 Å². The number of carboxylic acid groups (broad SMARTS) is 6. The Kier molecular flexibility index (Phi) is 34.5. The first kappa shape index (κ1) is 36.3. The first-order chi connectivity index (χ1) is 7.93. The molecule has 8 N–H and O–H groups in total. The van der Waals surface area contributed by atoms with Gasteiger partial charge in [0, 0.05) is 0 Å². The predicted molar refractivity (Wildman–Crippen MR) is 42.0 cm³/mol. The summed E-state index contributed by atoms with van der Waals surface area (Å²) < 4.78 is 0. The zero-order valence-corrected chi connectivity index (χ0v) is 12.9. The average Bonchev–Trinajstić information content (AvgIpc) is 2.18. The van der Waals surface area contributed by atoms with Crippen LogP contribution in [0.1, 0.15) is 0 Å². The molecule has 0 aliphatic rings. The molecule has 0 aromatic rings. The number of carbonyl (C=O) groups excluding carboxylic acids is 6. The van der Waals surface area contributed by atoms with Crippen LogP contribution in [0.3, 0.4) is 0 Å². The molecular weight excluding hydrogens is 383 g/mol. The molecule has 15 heteroatoms. The molecule has 0 unspecified atom stereocenters. The van der Waals surface area contributed by atoms with Crippen LogP contribution in [0.25, 0.3) is 0 Å². The number of rotatable bonds is 0. The SMILES string of the molecule is O=C([O-])C(=O)[O-].O=C([O-])C(=O)[O-].O=C([O-])C(=O)[O-].[NH4+].[NH4+].[Zr+4]. The summed E-state index contributed by atoms with van der Waals surface area (Å²) in [7, 11) is 0. The Labute approximate surface area is 134 Å². The fourth-order valence-corrected chi connectivity index (χ4v) is 0. The van der Waals surface area contributed by atoms with E-state index in [2.05, 4.69) is 0 Å². The third-order valence-corrected chi connectivity index (χ3v) is 0.500. The summed E-state index contributed by atoms with van der Waals surface area (Å²) in [5, 5.41) is 53.6. The van der Waals surface area contributed by atoms with Crippen LogP contribution in [0, 0.1) is 0 Å². The Morgan fingerprint density at radius 1 is 0.381 bits per heavy atom. The minimum atomic E-state index is -2.19. The quantitative estimate of drug-likeness (QED) is 0.363. The van der Waals surface area contributed by atoms with Gasteiger partial charge in [-0.1, -0.05) is 0 Å². The Morgan fingerprint density at radius 3 is 0.429 bits per heavy atom. The first-order valence-corrected chi connectivity index (χ1v) is 3.20. The van der Waals surface area contributed by atoms with Crippen LogP contribution in [-0.2, 0) is 55.0 Å². The summed E-state index contributed by atoms with van der Waals surface area (Å²) in [5.41, 5.74) is 0. The van der Waals surface area contributed by atoms with Crippen LogP contribution in [0.4, 0.5) is 0 Å². The molecule has 0 aromatic carbocycles. The van der Waals surface area contributed by atoms with Gasteiger partial charge in [0.05, 0.1) is 35.8 Å². The van der Waals surface area contributed by atoms with Crippen LogP contribution in [0.2, 0.25) is 0 Å². The standard InChI is InChI=1S/3C2H2O4.2H3N.Zr/c3*3-1(4)2(5)6;;;/h3*(H,3,4)(H,5,6);2*1H3;/q;;;;;+4/p-4. The zero-order valence-electron chi connectivity index (χ0n) is 10.4. The summed E-state index contributed by atoms with van der Waals surface area (Å²) >= 11 is 0. The van der Waals surface area contributed by atoms with Crippen molar-refractivity contribution in [2.75, 3.05) is 0 Å². The molecule has 0 rings (SSSR count). The summed E-state index contributed by atoms with van der Waals surface area (Å²) in [4.78, 5) is 53.6. The van der Waals surface area contributed by atoms with Crippen molar-refractivity contribution in [3.63, 3.8) is 0 Å². The van der Waals surface area contributed by atoms with E-state index in [1.54, 1.807) is 0 Å². The molecule has 0 aromatic heterocycles.